The molecule has 1 atom stereocenters. The number of carboxylic acid groups (broad SMARTS) is 1. The molecule has 26 heavy (non-hydrogen) atoms. The van der Waals surface area contributed by atoms with Crippen LogP contribution in [0.2, 0.25) is 0 Å². The fraction of sp³-hybridized carbons (Fsp3) is 0.368. The van der Waals surface area contributed by atoms with Crippen molar-refractivity contribution < 1.29 is 28.6 Å². The Balaban J connectivity index is 1.91. The van der Waals surface area contributed by atoms with Crippen molar-refractivity contribution in [2.45, 2.75) is 39.7 Å². The van der Waals surface area contributed by atoms with Crippen LogP contribution < -0.4 is 14.8 Å². The number of nitrogens with one attached hydrogen (secondary N) is 1. The van der Waals surface area contributed by atoms with Crippen LogP contribution in [0.1, 0.15) is 41.1 Å². The molecule has 2 heterocycles. The van der Waals surface area contributed by atoms with Crippen molar-refractivity contribution in [3.05, 3.63) is 40.8 Å². The molecule has 7 nitrogen and oxygen atoms in total. The molecule has 2 aromatic rings. The highest BCUT2D eigenvalue weighted by atomic mass is 16.5. The maximum absolute atomic E-state index is 12.8. The number of amides is 1. The average molecular weight is 359 g/mol. The first kappa shape index (κ1) is 17.8. The van der Waals surface area contributed by atoms with E-state index in [4.69, 9.17) is 19.0 Å². The Morgan fingerprint density at radius 3 is 2.85 bits per heavy atom. The number of anilines is 1. The Morgan fingerprint density at radius 1 is 1.38 bits per heavy atom. The average Bonchev–Trinajstić information content (AvgIpc) is 3.08. The lowest BCUT2D eigenvalue weighted by atomic mass is 10.1. The molecule has 1 aromatic heterocycles. The zero-order chi connectivity index (χ0) is 18.8. The predicted molar refractivity (Wildman–Crippen MR) is 94.1 cm³/mol. The quantitative estimate of drug-likeness (QED) is 0.822. The highest BCUT2D eigenvalue weighted by molar-refractivity contribution is 6.07. The lowest BCUT2D eigenvalue weighted by Gasteiger charge is -2.14. The largest absolute Gasteiger partial charge is 0.492 e. The van der Waals surface area contributed by atoms with E-state index in [0.717, 1.165) is 12.0 Å². The number of aliphatic carboxylic acids is 1. The molecule has 0 saturated carbocycles. The third-order valence-electron chi connectivity index (χ3n) is 4.14. The molecule has 7 heteroatoms. The van der Waals surface area contributed by atoms with Crippen molar-refractivity contribution in [1.82, 2.24) is 0 Å². The summed E-state index contributed by atoms with van der Waals surface area (Å²) in [6.07, 6.45) is 1.88. The first-order chi connectivity index (χ1) is 12.4. The number of furan rings is 1. The molecule has 0 aliphatic carbocycles. The van der Waals surface area contributed by atoms with Gasteiger partial charge in [0.2, 0.25) is 0 Å². The Bertz CT molecular complexity index is 854. The summed E-state index contributed by atoms with van der Waals surface area (Å²) in [6, 6.07) is 3.62. The maximum Gasteiger partial charge on any atom is 0.311 e. The van der Waals surface area contributed by atoms with Crippen LogP contribution in [0, 0.1) is 6.92 Å². The van der Waals surface area contributed by atoms with E-state index in [9.17, 15) is 9.59 Å². The van der Waals surface area contributed by atoms with Gasteiger partial charge in [0.25, 0.3) is 5.91 Å². The molecule has 0 spiro atoms. The SMILES string of the molecule is CCOc1cc2c(cc1NC(=O)c1c(C)coc1CC(=O)O)OC(C)C2. The molecular formula is C19H21NO6. The van der Waals surface area contributed by atoms with E-state index < -0.39 is 11.9 Å². The van der Waals surface area contributed by atoms with Crippen molar-refractivity contribution in [1.29, 1.82) is 0 Å². The van der Waals surface area contributed by atoms with Crippen molar-refractivity contribution in [2.75, 3.05) is 11.9 Å². The number of benzene rings is 1. The highest BCUT2D eigenvalue weighted by Crippen LogP contribution is 2.38. The van der Waals surface area contributed by atoms with Gasteiger partial charge in [-0.2, -0.15) is 0 Å². The van der Waals surface area contributed by atoms with Crippen LogP contribution in [0.25, 0.3) is 0 Å². The monoisotopic (exact) mass is 359 g/mol. The van der Waals surface area contributed by atoms with E-state index in [1.807, 2.05) is 19.9 Å². The van der Waals surface area contributed by atoms with Gasteiger partial charge in [-0.25, -0.2) is 0 Å². The minimum absolute atomic E-state index is 0.0729. The molecular weight excluding hydrogens is 338 g/mol. The third-order valence-corrected chi connectivity index (χ3v) is 4.14. The van der Waals surface area contributed by atoms with Gasteiger partial charge in [0.1, 0.15) is 29.8 Å². The smallest absolute Gasteiger partial charge is 0.311 e. The normalized spacial score (nSPS) is 15.3. The third kappa shape index (κ3) is 3.51. The number of fused-ring (bicyclic) bond motifs is 1. The summed E-state index contributed by atoms with van der Waals surface area (Å²) in [7, 11) is 0. The van der Waals surface area contributed by atoms with Crippen molar-refractivity contribution in [3.8, 4) is 11.5 Å². The van der Waals surface area contributed by atoms with Gasteiger partial charge < -0.3 is 24.3 Å². The van der Waals surface area contributed by atoms with Crippen LogP contribution in [-0.4, -0.2) is 29.7 Å². The first-order valence-electron chi connectivity index (χ1n) is 8.45. The van der Waals surface area contributed by atoms with Crippen LogP contribution in [0.15, 0.2) is 22.8 Å². The predicted octanol–water partition coefficient (Wildman–Crippen LogP) is 3.19. The maximum atomic E-state index is 12.8. The first-order valence-corrected chi connectivity index (χ1v) is 8.45. The lowest BCUT2D eigenvalue weighted by Crippen LogP contribution is -2.16. The Morgan fingerprint density at radius 2 is 2.15 bits per heavy atom. The second kappa shape index (κ2) is 7.11. The number of carbonyl (C=O) groups is 2. The molecule has 1 unspecified atom stereocenters. The van der Waals surface area contributed by atoms with Gasteiger partial charge in [-0.1, -0.05) is 0 Å². The fourth-order valence-corrected chi connectivity index (χ4v) is 3.07. The van der Waals surface area contributed by atoms with E-state index in [1.165, 1.54) is 6.26 Å². The minimum Gasteiger partial charge on any atom is -0.492 e. The van der Waals surface area contributed by atoms with Gasteiger partial charge in [-0.05, 0) is 26.8 Å². The lowest BCUT2D eigenvalue weighted by molar-refractivity contribution is -0.136. The van der Waals surface area contributed by atoms with Gasteiger partial charge in [0.15, 0.2) is 0 Å². The number of hydrogen-bond donors (Lipinski definition) is 2. The molecule has 1 aliphatic heterocycles. The van der Waals surface area contributed by atoms with Gasteiger partial charge in [-0.3, -0.25) is 9.59 Å². The van der Waals surface area contributed by atoms with Gasteiger partial charge in [-0.15, -0.1) is 0 Å². The van der Waals surface area contributed by atoms with E-state index in [0.29, 0.717) is 29.4 Å². The number of rotatable bonds is 6. The molecule has 0 saturated heterocycles. The zero-order valence-electron chi connectivity index (χ0n) is 14.9. The molecule has 1 aliphatic rings. The number of hydrogen-bond acceptors (Lipinski definition) is 5. The molecule has 1 aromatic carbocycles. The van der Waals surface area contributed by atoms with E-state index in [-0.39, 0.29) is 23.8 Å². The van der Waals surface area contributed by atoms with Crippen molar-refractivity contribution in [2.24, 2.45) is 0 Å². The summed E-state index contributed by atoms with van der Waals surface area (Å²) in [5.41, 5.74) is 2.31. The van der Waals surface area contributed by atoms with Crippen LogP contribution in [0.3, 0.4) is 0 Å². The summed E-state index contributed by atoms with van der Waals surface area (Å²) in [4.78, 5) is 23.7. The Kier molecular flexibility index (Phi) is 4.88. The van der Waals surface area contributed by atoms with Crippen molar-refractivity contribution >= 4 is 17.6 Å². The van der Waals surface area contributed by atoms with Crippen LogP contribution >= 0.6 is 0 Å². The number of carbonyl (C=O) groups excluding carboxylic acids is 1. The number of ether oxygens (including phenoxy) is 2. The second-order valence-corrected chi connectivity index (χ2v) is 6.26. The van der Waals surface area contributed by atoms with Gasteiger partial charge in [0.05, 0.1) is 24.1 Å². The summed E-state index contributed by atoms with van der Waals surface area (Å²) in [5, 5.41) is 11.8. The molecule has 138 valence electrons. The Hall–Kier alpha value is -2.96. The summed E-state index contributed by atoms with van der Waals surface area (Å²) >= 11 is 0. The van der Waals surface area contributed by atoms with E-state index in [2.05, 4.69) is 5.32 Å². The molecule has 3 rings (SSSR count). The van der Waals surface area contributed by atoms with Gasteiger partial charge >= 0.3 is 5.97 Å². The number of aryl methyl sites for hydroxylation is 1. The highest BCUT2D eigenvalue weighted by Gasteiger charge is 2.25. The molecule has 1 amide bonds. The molecule has 0 fully saturated rings. The summed E-state index contributed by atoms with van der Waals surface area (Å²) in [6.45, 7) is 5.99. The summed E-state index contributed by atoms with van der Waals surface area (Å²) < 4.78 is 16.6. The van der Waals surface area contributed by atoms with Crippen LogP contribution in [0.4, 0.5) is 5.69 Å². The molecule has 0 bridgehead atoms. The van der Waals surface area contributed by atoms with Crippen LogP contribution in [0.5, 0.6) is 11.5 Å². The standard InChI is InChI=1S/C19H21NO6/c1-4-24-15-6-12-5-11(3)26-14(12)7-13(15)20-19(23)18-10(2)9-25-16(18)8-17(21)22/h6-7,9,11H,4-5,8H2,1-3H3,(H,20,23)(H,21,22). The second-order valence-electron chi connectivity index (χ2n) is 6.26. The summed E-state index contributed by atoms with van der Waals surface area (Å²) in [5.74, 6) is -0.122. The van der Waals surface area contributed by atoms with E-state index >= 15 is 0 Å². The molecule has 0 radical (unpaired) electrons. The van der Waals surface area contributed by atoms with Crippen LogP contribution in [-0.2, 0) is 17.6 Å². The molecule has 2 N–H and O–H groups in total. The fourth-order valence-electron chi connectivity index (χ4n) is 3.07. The zero-order valence-corrected chi connectivity index (χ0v) is 14.9. The number of carboxylic acids is 1. The van der Waals surface area contributed by atoms with Gasteiger partial charge in [0, 0.05) is 23.6 Å². The topological polar surface area (TPSA) is 98.0 Å². The van der Waals surface area contributed by atoms with Crippen molar-refractivity contribution in [3.63, 3.8) is 0 Å². The Labute approximate surface area is 150 Å². The van der Waals surface area contributed by atoms with E-state index in [1.54, 1.807) is 13.0 Å². The minimum atomic E-state index is -1.07.